The maximum absolute atomic E-state index is 12.6. The molecule has 1 aliphatic rings. The highest BCUT2D eigenvalue weighted by atomic mass is 32.2. The molecular weight excluding hydrogens is 342 g/mol. The van der Waals surface area contributed by atoms with Crippen LogP contribution in [0.25, 0.3) is 0 Å². The molecule has 0 unspecified atom stereocenters. The van der Waals surface area contributed by atoms with Gasteiger partial charge in [0.25, 0.3) is 5.91 Å². The van der Waals surface area contributed by atoms with E-state index in [4.69, 9.17) is 9.88 Å². The number of para-hydroxylation sites is 1. The lowest BCUT2D eigenvalue weighted by molar-refractivity contribution is -0.122. The minimum atomic E-state index is -3.87. The number of carbonyl (C=O) groups is 1. The largest absolute Gasteiger partial charge is 0.480 e. The maximum atomic E-state index is 12.6. The summed E-state index contributed by atoms with van der Waals surface area (Å²) in [5.41, 5.74) is 1.99. The van der Waals surface area contributed by atoms with Crippen molar-refractivity contribution in [3.8, 4) is 5.75 Å². The lowest BCUT2D eigenvalue weighted by Crippen LogP contribution is -2.32. The number of amides is 1. The van der Waals surface area contributed by atoms with Gasteiger partial charge in [-0.05, 0) is 29.8 Å². The smallest absolute Gasteiger partial charge is 0.265 e. The van der Waals surface area contributed by atoms with Gasteiger partial charge < -0.3 is 15.0 Å². The average Bonchev–Trinajstić information content (AvgIpc) is 2.98. The molecule has 25 heavy (non-hydrogen) atoms. The molecule has 1 atom stereocenters. The molecule has 0 aliphatic carbocycles. The Morgan fingerprint density at radius 1 is 1.24 bits per heavy atom. The molecule has 0 saturated heterocycles. The van der Waals surface area contributed by atoms with Crippen LogP contribution >= 0.6 is 0 Å². The molecule has 132 valence electrons. The molecule has 0 radical (unpaired) electrons. The zero-order valence-electron chi connectivity index (χ0n) is 13.9. The van der Waals surface area contributed by atoms with Gasteiger partial charge in [-0.1, -0.05) is 18.2 Å². The summed E-state index contributed by atoms with van der Waals surface area (Å²) in [4.78, 5) is 14.3. The van der Waals surface area contributed by atoms with E-state index in [0.29, 0.717) is 23.5 Å². The minimum absolute atomic E-state index is 0.0657. The Morgan fingerprint density at radius 2 is 1.96 bits per heavy atom. The normalized spacial score (nSPS) is 16.0. The van der Waals surface area contributed by atoms with Crippen molar-refractivity contribution in [3.05, 3.63) is 48.0 Å². The van der Waals surface area contributed by atoms with E-state index in [2.05, 4.69) is 5.32 Å². The standard InChI is InChI=1S/C17H19N3O4S/c1-20(2)14-8-7-12(25(18,22)23)10-13(14)19-17(21)16-9-11-5-3-4-6-15(11)24-16/h3-8,10,16H,9H2,1-2H3,(H,19,21)(H2,18,22,23)/t16-/m1/s1. The van der Waals surface area contributed by atoms with Crippen LogP contribution in [0.3, 0.4) is 0 Å². The molecule has 2 aromatic rings. The molecule has 8 heteroatoms. The molecule has 7 nitrogen and oxygen atoms in total. The Bertz CT molecular complexity index is 900. The molecule has 3 N–H and O–H groups in total. The average molecular weight is 361 g/mol. The Balaban J connectivity index is 1.86. The van der Waals surface area contributed by atoms with Crippen LogP contribution in [0.2, 0.25) is 0 Å². The van der Waals surface area contributed by atoms with Crippen LogP contribution in [0.15, 0.2) is 47.4 Å². The first kappa shape index (κ1) is 17.2. The number of anilines is 2. The molecule has 0 bridgehead atoms. The van der Waals surface area contributed by atoms with E-state index in [1.807, 2.05) is 24.3 Å². The van der Waals surface area contributed by atoms with E-state index in [-0.39, 0.29) is 10.8 Å². The summed E-state index contributed by atoms with van der Waals surface area (Å²) in [5, 5.41) is 7.94. The first-order chi connectivity index (χ1) is 11.8. The zero-order valence-corrected chi connectivity index (χ0v) is 14.7. The highest BCUT2D eigenvalue weighted by Crippen LogP contribution is 2.31. The molecule has 0 saturated carbocycles. The van der Waals surface area contributed by atoms with Crippen molar-refractivity contribution in [1.29, 1.82) is 0 Å². The Kier molecular flexibility index (Phi) is 4.40. The lowest BCUT2D eigenvalue weighted by Gasteiger charge is -2.20. The third-order valence-corrected chi connectivity index (χ3v) is 4.89. The maximum Gasteiger partial charge on any atom is 0.265 e. The zero-order chi connectivity index (χ0) is 18.2. The molecule has 1 amide bonds. The Labute approximate surface area is 146 Å². The first-order valence-corrected chi connectivity index (χ1v) is 9.20. The number of sulfonamides is 1. The molecule has 3 rings (SSSR count). The van der Waals surface area contributed by atoms with Gasteiger partial charge in [0.1, 0.15) is 5.75 Å². The van der Waals surface area contributed by atoms with Gasteiger partial charge in [-0.15, -0.1) is 0 Å². The van der Waals surface area contributed by atoms with Crippen LogP contribution in [-0.4, -0.2) is 34.5 Å². The SMILES string of the molecule is CN(C)c1ccc(S(N)(=O)=O)cc1NC(=O)[C@H]1Cc2ccccc2O1. The predicted octanol–water partition coefficient (Wildman–Crippen LogP) is 1.34. The molecule has 0 spiro atoms. The van der Waals surface area contributed by atoms with Crippen LogP contribution in [0.5, 0.6) is 5.75 Å². The monoisotopic (exact) mass is 361 g/mol. The number of hydrogen-bond donors (Lipinski definition) is 2. The molecule has 1 heterocycles. The van der Waals surface area contributed by atoms with Crippen molar-refractivity contribution < 1.29 is 17.9 Å². The van der Waals surface area contributed by atoms with Crippen molar-refractivity contribution in [3.63, 3.8) is 0 Å². The topological polar surface area (TPSA) is 102 Å². The first-order valence-electron chi connectivity index (χ1n) is 7.65. The Hall–Kier alpha value is -2.58. The lowest BCUT2D eigenvalue weighted by atomic mass is 10.1. The van der Waals surface area contributed by atoms with Crippen molar-refractivity contribution in [2.45, 2.75) is 17.4 Å². The van der Waals surface area contributed by atoms with Crippen molar-refractivity contribution >= 4 is 27.3 Å². The second-order valence-electron chi connectivity index (χ2n) is 6.03. The fraction of sp³-hybridized carbons (Fsp3) is 0.235. The van der Waals surface area contributed by atoms with Crippen molar-refractivity contribution in [2.75, 3.05) is 24.3 Å². The van der Waals surface area contributed by atoms with Gasteiger partial charge in [0.15, 0.2) is 6.10 Å². The quantitative estimate of drug-likeness (QED) is 0.856. The number of carbonyl (C=O) groups excluding carboxylic acids is 1. The van der Waals surface area contributed by atoms with Gasteiger partial charge in [0, 0.05) is 20.5 Å². The van der Waals surface area contributed by atoms with Gasteiger partial charge in [-0.25, -0.2) is 13.6 Å². The third kappa shape index (κ3) is 3.59. The summed E-state index contributed by atoms with van der Waals surface area (Å²) in [5.74, 6) is 0.347. The second-order valence-corrected chi connectivity index (χ2v) is 7.59. The molecule has 0 fully saturated rings. The minimum Gasteiger partial charge on any atom is -0.480 e. The summed E-state index contributed by atoms with van der Waals surface area (Å²) in [6.07, 6.45) is -0.195. The highest BCUT2D eigenvalue weighted by Gasteiger charge is 2.29. The summed E-state index contributed by atoms with van der Waals surface area (Å²) in [7, 11) is -0.277. The molecule has 1 aliphatic heterocycles. The number of hydrogen-bond acceptors (Lipinski definition) is 5. The van der Waals surface area contributed by atoms with Gasteiger partial charge in [0.2, 0.25) is 10.0 Å². The second kappa shape index (κ2) is 6.38. The summed E-state index contributed by atoms with van der Waals surface area (Å²) in [6, 6.07) is 11.8. The van der Waals surface area contributed by atoms with Crippen LogP contribution in [0, 0.1) is 0 Å². The predicted molar refractivity (Wildman–Crippen MR) is 95.3 cm³/mol. The van der Waals surface area contributed by atoms with E-state index in [1.165, 1.54) is 12.1 Å². The van der Waals surface area contributed by atoms with E-state index in [1.54, 1.807) is 25.1 Å². The van der Waals surface area contributed by atoms with Crippen LogP contribution in [-0.2, 0) is 21.2 Å². The van der Waals surface area contributed by atoms with Gasteiger partial charge in [0.05, 0.1) is 16.3 Å². The number of benzene rings is 2. The summed E-state index contributed by atoms with van der Waals surface area (Å²) >= 11 is 0. The van der Waals surface area contributed by atoms with Gasteiger partial charge in [-0.2, -0.15) is 0 Å². The molecule has 0 aromatic heterocycles. The van der Waals surface area contributed by atoms with Crippen molar-refractivity contribution in [2.24, 2.45) is 5.14 Å². The van der Waals surface area contributed by atoms with Crippen molar-refractivity contribution in [1.82, 2.24) is 0 Å². The summed E-state index contributed by atoms with van der Waals surface area (Å²) in [6.45, 7) is 0. The number of ether oxygens (including phenoxy) is 1. The van der Waals surface area contributed by atoms with E-state index < -0.39 is 16.1 Å². The fourth-order valence-corrected chi connectivity index (χ4v) is 3.26. The molecular formula is C17H19N3O4S. The third-order valence-electron chi connectivity index (χ3n) is 3.98. The van der Waals surface area contributed by atoms with E-state index >= 15 is 0 Å². The van der Waals surface area contributed by atoms with Crippen LogP contribution < -0.4 is 20.1 Å². The van der Waals surface area contributed by atoms with E-state index in [0.717, 1.165) is 5.56 Å². The number of fused-ring (bicyclic) bond motifs is 1. The highest BCUT2D eigenvalue weighted by molar-refractivity contribution is 7.89. The number of rotatable bonds is 4. The number of primary sulfonamides is 1. The van der Waals surface area contributed by atoms with Gasteiger partial charge >= 0.3 is 0 Å². The fourth-order valence-electron chi connectivity index (χ4n) is 2.72. The number of nitrogens with two attached hydrogens (primary N) is 1. The number of nitrogens with one attached hydrogen (secondary N) is 1. The van der Waals surface area contributed by atoms with Gasteiger partial charge in [-0.3, -0.25) is 4.79 Å². The van der Waals surface area contributed by atoms with E-state index in [9.17, 15) is 13.2 Å². The molecule has 2 aromatic carbocycles. The Morgan fingerprint density at radius 3 is 2.60 bits per heavy atom. The summed E-state index contributed by atoms with van der Waals surface area (Å²) < 4.78 is 28.8. The van der Waals surface area contributed by atoms with Crippen LogP contribution in [0.4, 0.5) is 11.4 Å². The van der Waals surface area contributed by atoms with Crippen LogP contribution in [0.1, 0.15) is 5.56 Å². The number of nitrogens with zero attached hydrogens (tertiary/aromatic N) is 1.